The molecule has 0 bridgehead atoms. The Bertz CT molecular complexity index is 722. The molecule has 0 N–H and O–H groups in total. The smallest absolute Gasteiger partial charge is 0.406 e. The summed E-state index contributed by atoms with van der Waals surface area (Å²) in [6, 6.07) is 8.89. The largest absolute Gasteiger partial charge is 0.573 e. The van der Waals surface area contributed by atoms with Crippen molar-refractivity contribution in [3.8, 4) is 22.9 Å². The summed E-state index contributed by atoms with van der Waals surface area (Å²) in [4.78, 5) is 0. The molecule has 0 atom stereocenters. The Morgan fingerprint density at radius 1 is 1.14 bits per heavy atom. The van der Waals surface area contributed by atoms with Crippen LogP contribution in [0.3, 0.4) is 0 Å². The van der Waals surface area contributed by atoms with Crippen molar-refractivity contribution in [1.82, 2.24) is 0 Å². The predicted molar refractivity (Wildman–Crippen MR) is 68.2 cm³/mol. The van der Waals surface area contributed by atoms with Crippen LogP contribution >= 0.6 is 11.6 Å². The molecule has 0 aliphatic heterocycles. The van der Waals surface area contributed by atoms with E-state index in [9.17, 15) is 17.6 Å². The van der Waals surface area contributed by atoms with Crippen LogP contribution in [0.5, 0.6) is 5.75 Å². The summed E-state index contributed by atoms with van der Waals surface area (Å²) in [7, 11) is 0. The van der Waals surface area contributed by atoms with Gasteiger partial charge in [0.2, 0.25) is 0 Å². The second-order valence-corrected chi connectivity index (χ2v) is 4.39. The quantitative estimate of drug-likeness (QED) is 0.737. The van der Waals surface area contributed by atoms with Crippen molar-refractivity contribution >= 4 is 11.6 Å². The molecule has 2 aromatic rings. The van der Waals surface area contributed by atoms with E-state index in [4.69, 9.17) is 16.9 Å². The monoisotopic (exact) mass is 315 g/mol. The number of rotatable bonds is 2. The molecule has 0 heterocycles. The van der Waals surface area contributed by atoms with Gasteiger partial charge in [-0.15, -0.1) is 13.2 Å². The fourth-order valence-electron chi connectivity index (χ4n) is 1.74. The minimum absolute atomic E-state index is 0.0629. The average molecular weight is 316 g/mol. The summed E-state index contributed by atoms with van der Waals surface area (Å²) in [6.45, 7) is 0. The molecule has 2 rings (SSSR count). The zero-order valence-electron chi connectivity index (χ0n) is 10.2. The number of nitriles is 1. The van der Waals surface area contributed by atoms with E-state index in [0.29, 0.717) is 0 Å². The van der Waals surface area contributed by atoms with Gasteiger partial charge < -0.3 is 4.74 Å². The topological polar surface area (TPSA) is 33.0 Å². The van der Waals surface area contributed by atoms with Crippen molar-refractivity contribution in [2.75, 3.05) is 0 Å². The lowest BCUT2D eigenvalue weighted by molar-refractivity contribution is -0.274. The number of ether oxygens (including phenoxy) is 1. The molecule has 0 spiro atoms. The van der Waals surface area contributed by atoms with Gasteiger partial charge in [-0.2, -0.15) is 5.26 Å². The molecule has 108 valence electrons. The van der Waals surface area contributed by atoms with Crippen LogP contribution in [0.15, 0.2) is 36.4 Å². The molecule has 0 radical (unpaired) electrons. The SMILES string of the molecule is N#Cc1cc(OC(F)(F)F)cc(-c2cccc(F)c2Cl)c1. The van der Waals surface area contributed by atoms with Crippen molar-refractivity contribution in [3.63, 3.8) is 0 Å². The van der Waals surface area contributed by atoms with Gasteiger partial charge in [0.15, 0.2) is 0 Å². The average Bonchev–Trinajstić information content (AvgIpc) is 2.39. The molecule has 7 heteroatoms. The Kier molecular flexibility index (Phi) is 4.05. The highest BCUT2D eigenvalue weighted by Gasteiger charge is 2.31. The number of hydrogen-bond acceptors (Lipinski definition) is 2. The molecule has 0 saturated carbocycles. The number of alkyl halides is 3. The van der Waals surface area contributed by atoms with Crippen LogP contribution in [0.4, 0.5) is 17.6 Å². The van der Waals surface area contributed by atoms with Crippen molar-refractivity contribution in [3.05, 3.63) is 52.8 Å². The lowest BCUT2D eigenvalue weighted by Gasteiger charge is -2.12. The second-order valence-electron chi connectivity index (χ2n) is 4.01. The predicted octanol–water partition coefficient (Wildman–Crippen LogP) is 4.92. The molecule has 0 aliphatic rings. The van der Waals surface area contributed by atoms with Gasteiger partial charge in [-0.1, -0.05) is 23.7 Å². The Morgan fingerprint density at radius 3 is 2.48 bits per heavy atom. The fourth-order valence-corrected chi connectivity index (χ4v) is 1.97. The minimum atomic E-state index is -4.89. The molecular weight excluding hydrogens is 310 g/mol. The minimum Gasteiger partial charge on any atom is -0.406 e. The maximum atomic E-state index is 13.4. The van der Waals surface area contributed by atoms with E-state index in [-0.39, 0.29) is 21.7 Å². The van der Waals surface area contributed by atoms with Crippen LogP contribution in [0.1, 0.15) is 5.56 Å². The molecule has 0 unspecified atom stereocenters. The molecule has 0 aromatic heterocycles. The van der Waals surface area contributed by atoms with E-state index in [1.54, 1.807) is 6.07 Å². The van der Waals surface area contributed by atoms with Crippen LogP contribution in [0.2, 0.25) is 5.02 Å². The van der Waals surface area contributed by atoms with Gasteiger partial charge in [-0.3, -0.25) is 0 Å². The third-order valence-electron chi connectivity index (χ3n) is 2.53. The Hall–Kier alpha value is -2.26. The standard InChI is InChI=1S/C14H6ClF4NO/c15-13-11(2-1-3-12(13)16)9-4-8(7-20)5-10(6-9)21-14(17,18)19/h1-6H. The molecule has 2 aromatic carbocycles. The van der Waals surface area contributed by atoms with Crippen molar-refractivity contribution < 1.29 is 22.3 Å². The fraction of sp³-hybridized carbons (Fsp3) is 0.0714. The summed E-state index contributed by atoms with van der Waals surface area (Å²) in [5.74, 6) is -1.29. The molecule has 0 amide bonds. The first-order valence-corrected chi connectivity index (χ1v) is 5.93. The Labute approximate surface area is 122 Å². The zero-order valence-corrected chi connectivity index (χ0v) is 11.0. The highest BCUT2D eigenvalue weighted by Crippen LogP contribution is 2.34. The van der Waals surface area contributed by atoms with Gasteiger partial charge in [-0.25, -0.2) is 4.39 Å². The van der Waals surface area contributed by atoms with Gasteiger partial charge in [0, 0.05) is 5.56 Å². The van der Waals surface area contributed by atoms with Crippen LogP contribution in [-0.2, 0) is 0 Å². The highest BCUT2D eigenvalue weighted by molar-refractivity contribution is 6.33. The maximum absolute atomic E-state index is 13.4. The van der Waals surface area contributed by atoms with E-state index >= 15 is 0 Å². The number of nitrogens with zero attached hydrogens (tertiary/aromatic N) is 1. The summed E-state index contributed by atoms with van der Waals surface area (Å²) in [5.41, 5.74) is 0.255. The van der Waals surface area contributed by atoms with Crippen molar-refractivity contribution in [1.29, 1.82) is 5.26 Å². The van der Waals surface area contributed by atoms with Crippen molar-refractivity contribution in [2.24, 2.45) is 0 Å². The van der Waals surface area contributed by atoms with Crippen LogP contribution in [0.25, 0.3) is 11.1 Å². The van der Waals surface area contributed by atoms with Crippen molar-refractivity contribution in [2.45, 2.75) is 6.36 Å². The molecule has 2 nitrogen and oxygen atoms in total. The van der Waals surface area contributed by atoms with Gasteiger partial charge in [0.05, 0.1) is 16.7 Å². The Balaban J connectivity index is 2.56. The van der Waals surface area contributed by atoms with Gasteiger partial charge >= 0.3 is 6.36 Å². The van der Waals surface area contributed by atoms with E-state index in [1.807, 2.05) is 0 Å². The number of hydrogen-bond donors (Lipinski definition) is 0. The Morgan fingerprint density at radius 2 is 1.86 bits per heavy atom. The third-order valence-corrected chi connectivity index (χ3v) is 2.92. The van der Waals surface area contributed by atoms with Crippen LogP contribution < -0.4 is 4.74 Å². The molecular formula is C14H6ClF4NO. The third kappa shape index (κ3) is 3.64. The second kappa shape index (κ2) is 5.62. The highest BCUT2D eigenvalue weighted by atomic mass is 35.5. The summed E-state index contributed by atoms with van der Waals surface area (Å²) < 4.78 is 54.0. The van der Waals surface area contributed by atoms with Crippen LogP contribution in [0, 0.1) is 17.1 Å². The lowest BCUT2D eigenvalue weighted by Crippen LogP contribution is -2.17. The van der Waals surface area contributed by atoms with E-state index < -0.39 is 17.9 Å². The maximum Gasteiger partial charge on any atom is 0.573 e. The number of benzene rings is 2. The summed E-state index contributed by atoms with van der Waals surface area (Å²) in [6.07, 6.45) is -4.89. The normalized spacial score (nSPS) is 11.0. The molecule has 0 saturated heterocycles. The molecule has 0 aliphatic carbocycles. The van der Waals surface area contributed by atoms with Gasteiger partial charge in [-0.05, 0) is 29.8 Å². The first-order chi connectivity index (χ1) is 9.80. The number of halogens is 5. The summed E-state index contributed by atoms with van der Waals surface area (Å²) in [5, 5.41) is 8.62. The van der Waals surface area contributed by atoms with Gasteiger partial charge in [0.25, 0.3) is 0 Å². The molecule has 0 fully saturated rings. The van der Waals surface area contributed by atoms with E-state index in [2.05, 4.69) is 4.74 Å². The van der Waals surface area contributed by atoms with E-state index in [1.165, 1.54) is 18.2 Å². The first kappa shape index (κ1) is 15.1. The zero-order chi connectivity index (χ0) is 15.6. The van der Waals surface area contributed by atoms with Gasteiger partial charge in [0.1, 0.15) is 11.6 Å². The lowest BCUT2D eigenvalue weighted by atomic mass is 10.0. The van der Waals surface area contributed by atoms with E-state index in [0.717, 1.165) is 18.2 Å². The first-order valence-electron chi connectivity index (χ1n) is 5.55. The molecule has 21 heavy (non-hydrogen) atoms. The summed E-state index contributed by atoms with van der Waals surface area (Å²) >= 11 is 5.79. The van der Waals surface area contributed by atoms with Crippen LogP contribution in [-0.4, -0.2) is 6.36 Å².